The molecule has 4 nitrogen and oxygen atoms in total. The Labute approximate surface area is 106 Å². The molecule has 2 aromatic rings. The lowest BCUT2D eigenvalue weighted by Crippen LogP contribution is -2.08. The number of nitrogens with zero attached hydrogens (tertiary/aromatic N) is 2. The van der Waals surface area contributed by atoms with Gasteiger partial charge in [-0.05, 0) is 22.0 Å². The minimum absolute atomic E-state index is 0.646. The van der Waals surface area contributed by atoms with E-state index < -0.39 is 0 Å². The molecule has 0 saturated carbocycles. The Hall–Kier alpha value is -1.14. The van der Waals surface area contributed by atoms with Gasteiger partial charge in [-0.2, -0.15) is 0 Å². The molecule has 0 aromatic carbocycles. The molecule has 2 rings (SSSR count). The molecule has 0 radical (unpaired) electrons. The van der Waals surface area contributed by atoms with Crippen LogP contribution in [-0.4, -0.2) is 16.5 Å². The Morgan fingerprint density at radius 2 is 2.31 bits per heavy atom. The Bertz CT molecular complexity index is 458. The van der Waals surface area contributed by atoms with Crippen LogP contribution >= 0.6 is 27.3 Å². The Morgan fingerprint density at radius 1 is 1.44 bits per heavy atom. The second-order valence-corrected chi connectivity index (χ2v) is 4.88. The van der Waals surface area contributed by atoms with Crippen LogP contribution < -0.4 is 11.1 Å². The van der Waals surface area contributed by atoms with E-state index in [4.69, 9.17) is 5.73 Å². The van der Waals surface area contributed by atoms with Gasteiger partial charge in [0.05, 0.1) is 16.9 Å². The number of hydrogen-bond donors (Lipinski definition) is 2. The summed E-state index contributed by atoms with van der Waals surface area (Å²) in [5.41, 5.74) is 9.38. The summed E-state index contributed by atoms with van der Waals surface area (Å²) >= 11 is 4.92. The normalized spacial score (nSPS) is 10.3. The van der Waals surface area contributed by atoms with Crippen molar-refractivity contribution in [2.45, 2.75) is 6.42 Å². The number of rotatable bonds is 4. The lowest BCUT2D eigenvalue weighted by molar-refractivity contribution is 0.969. The number of thiazole rings is 1. The summed E-state index contributed by atoms with van der Waals surface area (Å²) in [4.78, 5) is 8.40. The number of anilines is 2. The van der Waals surface area contributed by atoms with Crippen molar-refractivity contribution in [3.63, 3.8) is 0 Å². The highest BCUT2D eigenvalue weighted by molar-refractivity contribution is 9.10. The van der Waals surface area contributed by atoms with Crippen molar-refractivity contribution in [2.75, 3.05) is 17.6 Å². The molecule has 16 heavy (non-hydrogen) atoms. The van der Waals surface area contributed by atoms with Crippen molar-refractivity contribution in [3.05, 3.63) is 33.3 Å². The highest BCUT2D eigenvalue weighted by atomic mass is 79.9. The quantitative estimate of drug-likeness (QED) is 0.910. The number of hydrogen-bond acceptors (Lipinski definition) is 5. The van der Waals surface area contributed by atoms with Crippen LogP contribution in [-0.2, 0) is 6.42 Å². The molecule has 0 aliphatic carbocycles. The molecule has 6 heteroatoms. The molecule has 0 fully saturated rings. The van der Waals surface area contributed by atoms with E-state index in [0.717, 1.165) is 29.0 Å². The van der Waals surface area contributed by atoms with Crippen molar-refractivity contribution < 1.29 is 0 Å². The first kappa shape index (κ1) is 11.3. The standard InChI is InChI=1S/C10H11BrN4S/c11-7-3-9(12)10(14-4-7)13-2-1-8-5-16-6-15-8/h3-6H,1-2,12H2,(H,13,14). The Balaban J connectivity index is 1.90. The second-order valence-electron chi connectivity index (χ2n) is 3.25. The van der Waals surface area contributed by atoms with Gasteiger partial charge < -0.3 is 11.1 Å². The van der Waals surface area contributed by atoms with E-state index in [2.05, 4.69) is 31.2 Å². The summed E-state index contributed by atoms with van der Waals surface area (Å²) in [7, 11) is 0. The maximum absolute atomic E-state index is 5.81. The van der Waals surface area contributed by atoms with Crippen LogP contribution in [0.5, 0.6) is 0 Å². The van der Waals surface area contributed by atoms with Gasteiger partial charge >= 0.3 is 0 Å². The van der Waals surface area contributed by atoms with Crippen LogP contribution in [0, 0.1) is 0 Å². The van der Waals surface area contributed by atoms with Gasteiger partial charge in [-0.25, -0.2) is 9.97 Å². The van der Waals surface area contributed by atoms with E-state index in [1.807, 2.05) is 17.0 Å². The van der Waals surface area contributed by atoms with Gasteiger partial charge in [0, 0.05) is 29.0 Å². The summed E-state index contributed by atoms with van der Waals surface area (Å²) in [6.45, 7) is 0.780. The third-order valence-corrected chi connectivity index (χ3v) is 3.11. The van der Waals surface area contributed by atoms with Gasteiger partial charge in [-0.3, -0.25) is 0 Å². The van der Waals surface area contributed by atoms with Gasteiger partial charge in [-0.1, -0.05) is 0 Å². The van der Waals surface area contributed by atoms with Crippen LogP contribution in [0.2, 0.25) is 0 Å². The van der Waals surface area contributed by atoms with Gasteiger partial charge in [0.15, 0.2) is 0 Å². The van der Waals surface area contributed by atoms with E-state index in [1.54, 1.807) is 17.5 Å². The molecule has 0 unspecified atom stereocenters. The van der Waals surface area contributed by atoms with E-state index in [9.17, 15) is 0 Å². The number of nitrogens with one attached hydrogen (secondary N) is 1. The van der Waals surface area contributed by atoms with E-state index >= 15 is 0 Å². The molecule has 0 amide bonds. The molecular formula is C10H11BrN4S. The number of halogens is 1. The Kier molecular flexibility index (Phi) is 3.74. The molecule has 2 aromatic heterocycles. The maximum atomic E-state index is 5.81. The molecule has 84 valence electrons. The van der Waals surface area contributed by atoms with Gasteiger partial charge in [-0.15, -0.1) is 11.3 Å². The summed E-state index contributed by atoms with van der Waals surface area (Å²) < 4.78 is 0.884. The van der Waals surface area contributed by atoms with Gasteiger partial charge in [0.1, 0.15) is 5.82 Å². The zero-order valence-electron chi connectivity index (χ0n) is 8.48. The van der Waals surface area contributed by atoms with Crippen LogP contribution in [0.3, 0.4) is 0 Å². The zero-order chi connectivity index (χ0) is 11.4. The van der Waals surface area contributed by atoms with E-state index in [0.29, 0.717) is 5.69 Å². The summed E-state index contributed by atoms with van der Waals surface area (Å²) in [6.07, 6.45) is 2.60. The fourth-order valence-electron chi connectivity index (χ4n) is 1.27. The topological polar surface area (TPSA) is 63.8 Å². The molecule has 0 saturated heterocycles. The molecule has 0 bridgehead atoms. The number of pyridine rings is 1. The molecule has 3 N–H and O–H groups in total. The third-order valence-electron chi connectivity index (χ3n) is 2.04. The number of aromatic nitrogens is 2. The largest absolute Gasteiger partial charge is 0.396 e. The highest BCUT2D eigenvalue weighted by Gasteiger charge is 2.01. The average Bonchev–Trinajstić information content (AvgIpc) is 2.74. The van der Waals surface area contributed by atoms with Crippen LogP contribution in [0.4, 0.5) is 11.5 Å². The van der Waals surface area contributed by atoms with Crippen LogP contribution in [0.25, 0.3) is 0 Å². The SMILES string of the molecule is Nc1cc(Br)cnc1NCCc1cscn1. The van der Waals surface area contributed by atoms with Crippen molar-refractivity contribution in [1.82, 2.24) is 9.97 Å². The summed E-state index contributed by atoms with van der Waals surface area (Å²) in [6, 6.07) is 1.83. The number of nitrogens with two attached hydrogens (primary N) is 1. The zero-order valence-corrected chi connectivity index (χ0v) is 10.9. The number of nitrogen functional groups attached to an aromatic ring is 1. The Morgan fingerprint density at radius 3 is 3.00 bits per heavy atom. The first-order valence-electron chi connectivity index (χ1n) is 4.77. The minimum atomic E-state index is 0.646. The molecule has 0 aliphatic heterocycles. The monoisotopic (exact) mass is 298 g/mol. The van der Waals surface area contributed by atoms with Gasteiger partial charge in [0.2, 0.25) is 0 Å². The summed E-state index contributed by atoms with van der Waals surface area (Å²) in [5, 5.41) is 5.23. The fraction of sp³-hybridized carbons (Fsp3) is 0.200. The summed E-state index contributed by atoms with van der Waals surface area (Å²) in [5.74, 6) is 0.721. The van der Waals surface area contributed by atoms with Crippen molar-refractivity contribution in [1.29, 1.82) is 0 Å². The maximum Gasteiger partial charge on any atom is 0.149 e. The van der Waals surface area contributed by atoms with Crippen molar-refractivity contribution >= 4 is 38.8 Å². The van der Waals surface area contributed by atoms with E-state index in [1.165, 1.54) is 0 Å². The lowest BCUT2D eigenvalue weighted by Gasteiger charge is -2.07. The first-order valence-corrected chi connectivity index (χ1v) is 6.51. The second kappa shape index (κ2) is 5.27. The molecule has 0 atom stereocenters. The van der Waals surface area contributed by atoms with Crippen molar-refractivity contribution in [2.24, 2.45) is 0 Å². The predicted molar refractivity (Wildman–Crippen MR) is 70.7 cm³/mol. The van der Waals surface area contributed by atoms with E-state index in [-0.39, 0.29) is 0 Å². The van der Waals surface area contributed by atoms with Crippen molar-refractivity contribution in [3.8, 4) is 0 Å². The lowest BCUT2D eigenvalue weighted by atomic mass is 10.3. The molecular weight excluding hydrogens is 288 g/mol. The predicted octanol–water partition coefficient (Wildman–Crippen LogP) is 2.54. The van der Waals surface area contributed by atoms with Gasteiger partial charge in [0.25, 0.3) is 0 Å². The molecule has 0 spiro atoms. The van der Waals surface area contributed by atoms with Crippen LogP contribution in [0.15, 0.2) is 27.6 Å². The highest BCUT2D eigenvalue weighted by Crippen LogP contribution is 2.19. The smallest absolute Gasteiger partial charge is 0.149 e. The third kappa shape index (κ3) is 2.93. The first-order chi connectivity index (χ1) is 7.75. The van der Waals surface area contributed by atoms with Crippen LogP contribution in [0.1, 0.15) is 5.69 Å². The molecule has 0 aliphatic rings. The molecule has 2 heterocycles. The fourth-order valence-corrected chi connectivity index (χ4v) is 2.21. The minimum Gasteiger partial charge on any atom is -0.396 e. The average molecular weight is 299 g/mol.